The maximum Gasteiger partial charge on any atom is 0.328 e. The summed E-state index contributed by atoms with van der Waals surface area (Å²) in [4.78, 5) is 33.9. The maximum absolute atomic E-state index is 11.7. The Labute approximate surface area is 112 Å². The molecule has 0 aliphatic carbocycles. The molecule has 0 radical (unpaired) electrons. The third-order valence-electron chi connectivity index (χ3n) is 2.91. The van der Waals surface area contributed by atoms with Gasteiger partial charge in [-0.15, -0.1) is 0 Å². The number of amides is 2. The number of aliphatic carboxylic acids is 1. The Kier molecular flexibility index (Phi) is 6.89. The number of nitrogens with one attached hydrogen (secondary N) is 2. The molecule has 0 aromatic rings. The van der Waals surface area contributed by atoms with Gasteiger partial charge in [0.05, 0.1) is 13.0 Å². The lowest BCUT2D eigenvalue weighted by molar-refractivity contribution is -0.144. The summed E-state index contributed by atoms with van der Waals surface area (Å²) < 4.78 is 4.59. The van der Waals surface area contributed by atoms with Gasteiger partial charge in [-0.2, -0.15) is 0 Å². The Bertz CT molecular complexity index is 343. The van der Waals surface area contributed by atoms with E-state index in [9.17, 15) is 14.4 Å². The number of hydrogen-bond donors (Lipinski definition) is 3. The number of hydrogen-bond acceptors (Lipinski definition) is 4. The fourth-order valence-electron chi connectivity index (χ4n) is 1.35. The molecule has 0 spiro atoms. The first-order valence-electron chi connectivity index (χ1n) is 6.08. The zero-order chi connectivity index (χ0) is 15.2. The SMILES string of the molecule is COC(=O)C(NC(=O)NC(C)C(C)C(=O)O)C(C)C. The van der Waals surface area contributed by atoms with E-state index in [-0.39, 0.29) is 5.92 Å². The van der Waals surface area contributed by atoms with Crippen molar-refractivity contribution in [3.8, 4) is 0 Å². The van der Waals surface area contributed by atoms with Crippen LogP contribution in [0.1, 0.15) is 27.7 Å². The van der Waals surface area contributed by atoms with Gasteiger partial charge in [-0.1, -0.05) is 13.8 Å². The van der Waals surface area contributed by atoms with Gasteiger partial charge in [0.2, 0.25) is 0 Å². The van der Waals surface area contributed by atoms with Crippen LogP contribution in [0.25, 0.3) is 0 Å². The predicted molar refractivity (Wildman–Crippen MR) is 68.6 cm³/mol. The molecule has 110 valence electrons. The monoisotopic (exact) mass is 274 g/mol. The van der Waals surface area contributed by atoms with Crippen molar-refractivity contribution >= 4 is 18.0 Å². The molecular weight excluding hydrogens is 252 g/mol. The molecule has 7 heteroatoms. The van der Waals surface area contributed by atoms with Crippen LogP contribution in [0.15, 0.2) is 0 Å². The van der Waals surface area contributed by atoms with Crippen LogP contribution < -0.4 is 10.6 Å². The van der Waals surface area contributed by atoms with E-state index < -0.39 is 36.0 Å². The van der Waals surface area contributed by atoms with E-state index in [0.717, 1.165) is 0 Å². The van der Waals surface area contributed by atoms with Gasteiger partial charge in [-0.05, 0) is 19.8 Å². The summed E-state index contributed by atoms with van der Waals surface area (Å²) in [6.07, 6.45) is 0. The fraction of sp³-hybridized carbons (Fsp3) is 0.750. The second-order valence-corrected chi connectivity index (χ2v) is 4.78. The second kappa shape index (κ2) is 7.60. The third-order valence-corrected chi connectivity index (χ3v) is 2.91. The lowest BCUT2D eigenvalue weighted by Gasteiger charge is -2.23. The van der Waals surface area contributed by atoms with E-state index >= 15 is 0 Å². The number of carbonyl (C=O) groups is 3. The van der Waals surface area contributed by atoms with Crippen LogP contribution in [0, 0.1) is 11.8 Å². The Balaban J connectivity index is 4.51. The summed E-state index contributed by atoms with van der Waals surface area (Å²) in [7, 11) is 1.24. The molecule has 0 saturated heterocycles. The first kappa shape index (κ1) is 17.2. The summed E-state index contributed by atoms with van der Waals surface area (Å²) in [6.45, 7) is 6.62. The summed E-state index contributed by atoms with van der Waals surface area (Å²) in [6, 6.07) is -1.91. The van der Waals surface area contributed by atoms with E-state index in [0.29, 0.717) is 0 Å². The largest absolute Gasteiger partial charge is 0.481 e. The van der Waals surface area contributed by atoms with Crippen molar-refractivity contribution in [3.05, 3.63) is 0 Å². The average Bonchev–Trinajstić information content (AvgIpc) is 2.33. The van der Waals surface area contributed by atoms with Gasteiger partial charge >= 0.3 is 18.0 Å². The molecule has 0 aromatic carbocycles. The molecule has 0 aliphatic rings. The highest BCUT2D eigenvalue weighted by molar-refractivity contribution is 5.84. The molecule has 0 fully saturated rings. The minimum atomic E-state index is -0.999. The molecule has 0 saturated carbocycles. The van der Waals surface area contributed by atoms with Crippen molar-refractivity contribution in [1.82, 2.24) is 10.6 Å². The van der Waals surface area contributed by atoms with E-state index in [1.54, 1.807) is 20.8 Å². The Hall–Kier alpha value is -1.79. The van der Waals surface area contributed by atoms with E-state index in [1.165, 1.54) is 14.0 Å². The zero-order valence-corrected chi connectivity index (χ0v) is 11.9. The molecular formula is C12H22N2O5. The molecule has 3 atom stereocenters. The summed E-state index contributed by atoms with van der Waals surface area (Å²) in [5, 5.41) is 13.8. The molecule has 0 aromatic heterocycles. The van der Waals surface area contributed by atoms with Gasteiger partial charge in [0.1, 0.15) is 6.04 Å². The molecule has 0 bridgehead atoms. The zero-order valence-electron chi connectivity index (χ0n) is 11.9. The van der Waals surface area contributed by atoms with Crippen molar-refractivity contribution in [2.45, 2.75) is 39.8 Å². The first-order chi connectivity index (χ1) is 8.70. The standard InChI is InChI=1S/C12H22N2O5/c1-6(2)9(11(17)19-5)14-12(18)13-8(4)7(3)10(15)16/h6-9H,1-5H3,(H,15,16)(H2,13,14,18). The van der Waals surface area contributed by atoms with Crippen LogP contribution in [0.5, 0.6) is 0 Å². The van der Waals surface area contributed by atoms with Crippen molar-refractivity contribution in [3.63, 3.8) is 0 Å². The number of esters is 1. The maximum atomic E-state index is 11.7. The number of carboxylic acid groups (broad SMARTS) is 1. The topological polar surface area (TPSA) is 105 Å². The number of urea groups is 1. The molecule has 7 nitrogen and oxygen atoms in total. The molecule has 19 heavy (non-hydrogen) atoms. The minimum absolute atomic E-state index is 0.134. The number of carboxylic acids is 1. The summed E-state index contributed by atoms with van der Waals surface area (Å²) >= 11 is 0. The van der Waals surface area contributed by atoms with E-state index in [1.807, 2.05) is 0 Å². The smallest absolute Gasteiger partial charge is 0.328 e. The van der Waals surface area contributed by atoms with E-state index in [2.05, 4.69) is 15.4 Å². The van der Waals surface area contributed by atoms with Gasteiger partial charge in [0.25, 0.3) is 0 Å². The normalized spacial score (nSPS) is 15.3. The minimum Gasteiger partial charge on any atom is -0.481 e. The van der Waals surface area contributed by atoms with Crippen LogP contribution in [-0.2, 0) is 14.3 Å². The number of methoxy groups -OCH3 is 1. The van der Waals surface area contributed by atoms with Crippen molar-refractivity contribution < 1.29 is 24.2 Å². The number of carbonyl (C=O) groups excluding carboxylic acids is 2. The molecule has 2 amide bonds. The van der Waals surface area contributed by atoms with Gasteiger partial charge in [-0.3, -0.25) is 4.79 Å². The number of rotatable bonds is 6. The average molecular weight is 274 g/mol. The van der Waals surface area contributed by atoms with Gasteiger partial charge in [0.15, 0.2) is 0 Å². The van der Waals surface area contributed by atoms with Gasteiger partial charge < -0.3 is 20.5 Å². The van der Waals surface area contributed by atoms with Crippen LogP contribution >= 0.6 is 0 Å². The highest BCUT2D eigenvalue weighted by Gasteiger charge is 2.27. The van der Waals surface area contributed by atoms with Crippen molar-refractivity contribution in [2.75, 3.05) is 7.11 Å². The Morgan fingerprint density at radius 1 is 1.05 bits per heavy atom. The second-order valence-electron chi connectivity index (χ2n) is 4.78. The molecule has 0 rings (SSSR count). The molecule has 0 heterocycles. The van der Waals surface area contributed by atoms with Crippen LogP contribution in [0.2, 0.25) is 0 Å². The van der Waals surface area contributed by atoms with Crippen molar-refractivity contribution in [2.24, 2.45) is 11.8 Å². The van der Waals surface area contributed by atoms with Gasteiger partial charge in [-0.25, -0.2) is 9.59 Å². The fourth-order valence-corrected chi connectivity index (χ4v) is 1.35. The molecule has 3 unspecified atom stereocenters. The summed E-state index contributed by atoms with van der Waals surface area (Å²) in [5.74, 6) is -2.39. The lowest BCUT2D eigenvalue weighted by atomic mass is 10.0. The Morgan fingerprint density at radius 3 is 1.95 bits per heavy atom. The van der Waals surface area contributed by atoms with E-state index in [4.69, 9.17) is 5.11 Å². The lowest BCUT2D eigenvalue weighted by Crippen LogP contribution is -2.52. The third kappa shape index (κ3) is 5.58. The predicted octanol–water partition coefficient (Wildman–Crippen LogP) is 0.592. The molecule has 0 aliphatic heterocycles. The first-order valence-corrected chi connectivity index (χ1v) is 6.08. The van der Waals surface area contributed by atoms with Gasteiger partial charge in [0, 0.05) is 6.04 Å². The van der Waals surface area contributed by atoms with Crippen LogP contribution in [-0.4, -0.2) is 42.3 Å². The number of ether oxygens (including phenoxy) is 1. The van der Waals surface area contributed by atoms with Crippen LogP contribution in [0.3, 0.4) is 0 Å². The highest BCUT2D eigenvalue weighted by Crippen LogP contribution is 2.05. The van der Waals surface area contributed by atoms with Crippen LogP contribution in [0.4, 0.5) is 4.79 Å². The highest BCUT2D eigenvalue weighted by atomic mass is 16.5. The van der Waals surface area contributed by atoms with Crippen molar-refractivity contribution in [1.29, 1.82) is 0 Å². The summed E-state index contributed by atoms with van der Waals surface area (Å²) in [5.41, 5.74) is 0. The molecule has 3 N–H and O–H groups in total. The quantitative estimate of drug-likeness (QED) is 0.615. The Morgan fingerprint density at radius 2 is 1.58 bits per heavy atom.